The van der Waals surface area contributed by atoms with E-state index in [4.69, 9.17) is 10.3 Å². The third kappa shape index (κ3) is 2.06. The molecule has 6 heteroatoms. The molecule has 2 N–H and O–H groups in total. The van der Waals surface area contributed by atoms with Crippen LogP contribution in [0, 0.1) is 5.92 Å². The van der Waals surface area contributed by atoms with E-state index in [-0.39, 0.29) is 12.0 Å². The third-order valence-corrected chi connectivity index (χ3v) is 2.26. The number of nitrogens with zero attached hydrogens (tertiary/aromatic N) is 4. The van der Waals surface area contributed by atoms with Gasteiger partial charge >= 0.3 is 0 Å². The van der Waals surface area contributed by atoms with Crippen LogP contribution in [0.25, 0.3) is 11.5 Å². The first-order chi connectivity index (χ1) is 7.68. The minimum absolute atomic E-state index is 0.247. The lowest BCUT2D eigenvalue weighted by atomic mass is 10.1. The summed E-state index contributed by atoms with van der Waals surface area (Å²) in [6.07, 6.45) is 3.06. The summed E-state index contributed by atoms with van der Waals surface area (Å²) in [5.41, 5.74) is 6.53. The van der Waals surface area contributed by atoms with Gasteiger partial charge in [-0.2, -0.15) is 4.98 Å². The van der Waals surface area contributed by atoms with Crippen LogP contribution in [0.2, 0.25) is 0 Å². The van der Waals surface area contributed by atoms with Gasteiger partial charge in [-0.25, -0.2) is 9.97 Å². The van der Waals surface area contributed by atoms with E-state index in [0.29, 0.717) is 17.4 Å². The molecule has 2 rings (SSSR count). The zero-order valence-electron chi connectivity index (χ0n) is 9.16. The lowest BCUT2D eigenvalue weighted by molar-refractivity contribution is 0.325. The average molecular weight is 219 g/mol. The Morgan fingerprint density at radius 2 is 2.19 bits per heavy atom. The summed E-state index contributed by atoms with van der Waals surface area (Å²) in [5, 5.41) is 3.83. The summed E-state index contributed by atoms with van der Waals surface area (Å²) in [4.78, 5) is 12.1. The molecule has 0 aliphatic carbocycles. The number of hydrogen-bond donors (Lipinski definition) is 1. The van der Waals surface area contributed by atoms with Crippen LogP contribution in [-0.2, 0) is 0 Å². The van der Waals surface area contributed by atoms with E-state index in [9.17, 15) is 0 Å². The molecular formula is C10H13N5O. The molecule has 6 nitrogen and oxygen atoms in total. The highest BCUT2D eigenvalue weighted by atomic mass is 16.5. The van der Waals surface area contributed by atoms with E-state index >= 15 is 0 Å². The lowest BCUT2D eigenvalue weighted by Gasteiger charge is -2.09. The van der Waals surface area contributed by atoms with Crippen molar-refractivity contribution in [2.45, 2.75) is 19.9 Å². The van der Waals surface area contributed by atoms with Crippen molar-refractivity contribution in [1.29, 1.82) is 0 Å². The molecule has 1 unspecified atom stereocenters. The predicted octanol–water partition coefficient (Wildman–Crippen LogP) is 1.18. The Balaban J connectivity index is 2.27. The summed E-state index contributed by atoms with van der Waals surface area (Å²) < 4.78 is 5.10. The van der Waals surface area contributed by atoms with Crippen molar-refractivity contribution >= 4 is 0 Å². The van der Waals surface area contributed by atoms with Crippen LogP contribution in [0.1, 0.15) is 25.8 Å². The van der Waals surface area contributed by atoms with Crippen LogP contribution in [-0.4, -0.2) is 20.1 Å². The van der Waals surface area contributed by atoms with Gasteiger partial charge in [0.2, 0.25) is 11.7 Å². The molecule has 0 radical (unpaired) electrons. The number of nitrogens with two attached hydrogens (primary N) is 1. The Morgan fingerprint density at radius 1 is 1.38 bits per heavy atom. The van der Waals surface area contributed by atoms with Gasteiger partial charge in [-0.15, -0.1) is 0 Å². The van der Waals surface area contributed by atoms with Crippen molar-refractivity contribution in [3.63, 3.8) is 0 Å². The fraction of sp³-hybridized carbons (Fsp3) is 0.400. The first-order valence-corrected chi connectivity index (χ1v) is 5.04. The number of aromatic nitrogens is 4. The highest BCUT2D eigenvalue weighted by Gasteiger charge is 2.18. The molecular weight excluding hydrogens is 206 g/mol. The second-order valence-corrected chi connectivity index (χ2v) is 3.82. The van der Waals surface area contributed by atoms with Gasteiger partial charge in [-0.3, -0.25) is 0 Å². The Kier molecular flexibility index (Phi) is 2.91. The van der Waals surface area contributed by atoms with E-state index in [1.807, 2.05) is 13.8 Å². The standard InChI is InChI=1S/C10H13N5O/c1-6(2)8(11)10-14-9(15-16-10)7-3-4-12-5-13-7/h3-6,8H,11H2,1-2H3. The van der Waals surface area contributed by atoms with Crippen LogP contribution >= 0.6 is 0 Å². The van der Waals surface area contributed by atoms with Gasteiger partial charge in [-0.1, -0.05) is 19.0 Å². The van der Waals surface area contributed by atoms with Crippen molar-refractivity contribution in [3.05, 3.63) is 24.5 Å². The van der Waals surface area contributed by atoms with Gasteiger partial charge in [0, 0.05) is 6.20 Å². The largest absolute Gasteiger partial charge is 0.337 e. The third-order valence-electron chi connectivity index (χ3n) is 2.26. The number of hydrogen-bond acceptors (Lipinski definition) is 6. The molecule has 0 saturated heterocycles. The van der Waals surface area contributed by atoms with Gasteiger partial charge in [0.15, 0.2) is 0 Å². The second-order valence-electron chi connectivity index (χ2n) is 3.82. The molecule has 0 saturated carbocycles. The molecule has 0 aliphatic rings. The fourth-order valence-electron chi connectivity index (χ4n) is 1.18. The molecule has 84 valence electrons. The van der Waals surface area contributed by atoms with E-state index in [1.165, 1.54) is 6.33 Å². The zero-order chi connectivity index (χ0) is 11.5. The molecule has 1 atom stereocenters. The van der Waals surface area contributed by atoms with Crippen LogP contribution < -0.4 is 5.73 Å². The van der Waals surface area contributed by atoms with Crippen LogP contribution in [0.15, 0.2) is 23.1 Å². The SMILES string of the molecule is CC(C)C(N)c1nc(-c2ccncn2)no1. The summed E-state index contributed by atoms with van der Waals surface area (Å²) in [7, 11) is 0. The quantitative estimate of drug-likeness (QED) is 0.833. The average Bonchev–Trinajstić information content (AvgIpc) is 2.78. The molecule has 2 aromatic heterocycles. The molecule has 0 spiro atoms. The molecule has 2 aromatic rings. The monoisotopic (exact) mass is 219 g/mol. The topological polar surface area (TPSA) is 90.7 Å². The van der Waals surface area contributed by atoms with Crippen LogP contribution in [0.4, 0.5) is 0 Å². The minimum Gasteiger partial charge on any atom is -0.337 e. The van der Waals surface area contributed by atoms with Crippen molar-refractivity contribution < 1.29 is 4.52 Å². The number of rotatable bonds is 3. The van der Waals surface area contributed by atoms with E-state index in [0.717, 1.165) is 0 Å². The van der Waals surface area contributed by atoms with Crippen molar-refractivity contribution in [2.75, 3.05) is 0 Å². The molecule has 0 bridgehead atoms. The van der Waals surface area contributed by atoms with Gasteiger partial charge in [-0.05, 0) is 12.0 Å². The smallest absolute Gasteiger partial charge is 0.244 e. The maximum absolute atomic E-state index is 5.90. The van der Waals surface area contributed by atoms with E-state index in [1.54, 1.807) is 12.3 Å². The van der Waals surface area contributed by atoms with E-state index in [2.05, 4.69) is 20.1 Å². The molecule has 0 aliphatic heterocycles. The molecule has 0 fully saturated rings. The summed E-state index contributed by atoms with van der Waals surface area (Å²) in [5.74, 6) is 1.12. The van der Waals surface area contributed by atoms with Crippen molar-refractivity contribution in [2.24, 2.45) is 11.7 Å². The zero-order valence-corrected chi connectivity index (χ0v) is 9.16. The normalized spacial score (nSPS) is 13.0. The van der Waals surface area contributed by atoms with Gasteiger partial charge in [0.05, 0.1) is 6.04 Å². The maximum Gasteiger partial charge on any atom is 0.244 e. The van der Waals surface area contributed by atoms with Crippen molar-refractivity contribution in [1.82, 2.24) is 20.1 Å². The molecule has 0 amide bonds. The highest BCUT2D eigenvalue weighted by molar-refractivity contribution is 5.46. The van der Waals surface area contributed by atoms with Crippen LogP contribution in [0.3, 0.4) is 0 Å². The molecule has 2 heterocycles. The first kappa shape index (κ1) is 10.7. The van der Waals surface area contributed by atoms with E-state index < -0.39 is 0 Å². The fourth-order valence-corrected chi connectivity index (χ4v) is 1.18. The lowest BCUT2D eigenvalue weighted by Crippen LogP contribution is -2.16. The van der Waals surface area contributed by atoms with Crippen molar-refractivity contribution in [3.8, 4) is 11.5 Å². The Bertz CT molecular complexity index is 453. The Labute approximate surface area is 92.9 Å². The minimum atomic E-state index is -0.247. The van der Waals surface area contributed by atoms with Gasteiger partial charge in [0.1, 0.15) is 12.0 Å². The maximum atomic E-state index is 5.90. The summed E-state index contributed by atoms with van der Waals surface area (Å²) in [6, 6.07) is 1.47. The summed E-state index contributed by atoms with van der Waals surface area (Å²) in [6.45, 7) is 4.00. The summed E-state index contributed by atoms with van der Waals surface area (Å²) >= 11 is 0. The van der Waals surface area contributed by atoms with Crippen LogP contribution in [0.5, 0.6) is 0 Å². The van der Waals surface area contributed by atoms with Gasteiger partial charge in [0.25, 0.3) is 0 Å². The first-order valence-electron chi connectivity index (χ1n) is 5.04. The molecule has 16 heavy (non-hydrogen) atoms. The second kappa shape index (κ2) is 4.36. The Hall–Kier alpha value is -1.82. The van der Waals surface area contributed by atoms with Gasteiger partial charge < -0.3 is 10.3 Å². The Morgan fingerprint density at radius 3 is 2.81 bits per heavy atom. The predicted molar refractivity (Wildman–Crippen MR) is 57.1 cm³/mol. The highest BCUT2D eigenvalue weighted by Crippen LogP contribution is 2.19. The molecule has 0 aromatic carbocycles.